The second-order valence-electron chi connectivity index (χ2n) is 5.98. The van der Waals surface area contributed by atoms with Gasteiger partial charge in [0, 0.05) is 36.5 Å². The maximum absolute atomic E-state index is 4.70. The molecule has 1 heterocycles. The number of thiazole rings is 1. The van der Waals surface area contributed by atoms with Crippen LogP contribution in [0.15, 0.2) is 20.9 Å². The van der Waals surface area contributed by atoms with Gasteiger partial charge in [-0.3, -0.25) is 4.99 Å². The molecule has 1 atom stereocenters. The average molecular weight is 514 g/mol. The highest BCUT2D eigenvalue weighted by atomic mass is 127. The molecule has 26 heavy (non-hydrogen) atoms. The highest BCUT2D eigenvalue weighted by molar-refractivity contribution is 14.0. The minimum Gasteiger partial charge on any atom is -0.357 e. The minimum atomic E-state index is 0. The molecule has 0 aliphatic heterocycles. The molecule has 0 spiro atoms. The monoisotopic (exact) mass is 513 g/mol. The van der Waals surface area contributed by atoms with Crippen LogP contribution in [0.2, 0.25) is 0 Å². The van der Waals surface area contributed by atoms with Crippen LogP contribution in [-0.2, 0) is 0 Å². The smallest absolute Gasteiger partial charge is 0.191 e. The quantitative estimate of drug-likeness (QED) is 0.135. The summed E-state index contributed by atoms with van der Waals surface area (Å²) < 4.78 is 1.15. The van der Waals surface area contributed by atoms with Crippen molar-refractivity contribution in [1.82, 2.24) is 20.5 Å². The SMILES string of the molecule is CCNC(=NCCCSc1nccs1)NC(C)CCCN(CC)CC.I. The summed E-state index contributed by atoms with van der Waals surface area (Å²) in [5, 5.41) is 8.91. The molecule has 0 aliphatic rings. The zero-order valence-corrected chi connectivity index (χ0v) is 20.6. The van der Waals surface area contributed by atoms with E-state index in [4.69, 9.17) is 4.99 Å². The first-order chi connectivity index (χ1) is 12.2. The number of rotatable bonds is 13. The third-order valence-corrected chi connectivity index (χ3v) is 5.99. The molecular weight excluding hydrogens is 477 g/mol. The summed E-state index contributed by atoms with van der Waals surface area (Å²) in [6, 6.07) is 0.443. The van der Waals surface area contributed by atoms with Crippen LogP contribution in [-0.4, -0.2) is 60.4 Å². The van der Waals surface area contributed by atoms with E-state index in [-0.39, 0.29) is 24.0 Å². The first kappa shape index (κ1) is 25.9. The Morgan fingerprint density at radius 3 is 2.69 bits per heavy atom. The van der Waals surface area contributed by atoms with Gasteiger partial charge in [0.2, 0.25) is 0 Å². The van der Waals surface area contributed by atoms with Gasteiger partial charge in [0.25, 0.3) is 0 Å². The number of halogens is 1. The van der Waals surface area contributed by atoms with Gasteiger partial charge in [0.05, 0.1) is 0 Å². The number of guanidine groups is 1. The summed E-state index contributed by atoms with van der Waals surface area (Å²) in [7, 11) is 0. The molecule has 1 unspecified atom stereocenters. The fourth-order valence-corrected chi connectivity index (χ4v) is 4.12. The van der Waals surface area contributed by atoms with Crippen molar-refractivity contribution in [3.05, 3.63) is 11.6 Å². The zero-order chi connectivity index (χ0) is 18.3. The molecule has 0 aliphatic carbocycles. The molecule has 0 amide bonds. The summed E-state index contributed by atoms with van der Waals surface area (Å²) in [6.45, 7) is 14.0. The van der Waals surface area contributed by atoms with Gasteiger partial charge in [-0.1, -0.05) is 25.6 Å². The molecule has 1 rings (SSSR count). The van der Waals surface area contributed by atoms with Crippen molar-refractivity contribution in [2.45, 2.75) is 57.3 Å². The van der Waals surface area contributed by atoms with Crippen LogP contribution in [0.1, 0.15) is 47.0 Å². The van der Waals surface area contributed by atoms with Crippen molar-refractivity contribution in [2.24, 2.45) is 4.99 Å². The molecule has 1 aromatic heterocycles. The largest absolute Gasteiger partial charge is 0.357 e. The van der Waals surface area contributed by atoms with Crippen LogP contribution < -0.4 is 10.6 Å². The Morgan fingerprint density at radius 2 is 2.08 bits per heavy atom. The molecular formula is C18H36IN5S2. The van der Waals surface area contributed by atoms with Crippen LogP contribution in [0.25, 0.3) is 0 Å². The van der Waals surface area contributed by atoms with Crippen molar-refractivity contribution < 1.29 is 0 Å². The lowest BCUT2D eigenvalue weighted by atomic mass is 10.2. The fraction of sp³-hybridized carbons (Fsp3) is 0.778. The van der Waals surface area contributed by atoms with Gasteiger partial charge in [0.1, 0.15) is 4.34 Å². The van der Waals surface area contributed by atoms with Crippen LogP contribution in [0.3, 0.4) is 0 Å². The number of nitrogens with one attached hydrogen (secondary N) is 2. The van der Waals surface area contributed by atoms with E-state index in [1.165, 1.54) is 19.4 Å². The van der Waals surface area contributed by atoms with E-state index in [9.17, 15) is 0 Å². The van der Waals surface area contributed by atoms with Gasteiger partial charge in [-0.2, -0.15) is 0 Å². The van der Waals surface area contributed by atoms with E-state index >= 15 is 0 Å². The third-order valence-electron chi connectivity index (χ3n) is 3.94. The summed E-state index contributed by atoms with van der Waals surface area (Å²) in [5.74, 6) is 2.01. The predicted molar refractivity (Wildman–Crippen MR) is 128 cm³/mol. The van der Waals surface area contributed by atoms with Gasteiger partial charge < -0.3 is 15.5 Å². The predicted octanol–water partition coefficient (Wildman–Crippen LogP) is 4.31. The number of hydrogen-bond donors (Lipinski definition) is 2. The van der Waals surface area contributed by atoms with Gasteiger partial charge in [-0.05, 0) is 52.7 Å². The normalized spacial score (nSPS) is 12.7. The maximum atomic E-state index is 4.70. The summed E-state index contributed by atoms with van der Waals surface area (Å²) in [4.78, 5) is 11.5. The van der Waals surface area contributed by atoms with E-state index in [0.29, 0.717) is 6.04 Å². The highest BCUT2D eigenvalue weighted by Gasteiger charge is 2.06. The lowest BCUT2D eigenvalue weighted by Gasteiger charge is -2.21. The Balaban J connectivity index is 0.00000625. The Hall–Kier alpha value is -0.0600. The molecule has 5 nitrogen and oxygen atoms in total. The Bertz CT molecular complexity index is 452. The molecule has 0 saturated carbocycles. The lowest BCUT2D eigenvalue weighted by molar-refractivity contribution is 0.292. The molecule has 8 heteroatoms. The molecule has 0 aromatic carbocycles. The van der Waals surface area contributed by atoms with Crippen LogP contribution >= 0.6 is 47.1 Å². The summed E-state index contributed by atoms with van der Waals surface area (Å²) >= 11 is 3.52. The van der Waals surface area contributed by atoms with Gasteiger partial charge in [-0.15, -0.1) is 35.3 Å². The van der Waals surface area contributed by atoms with Gasteiger partial charge >= 0.3 is 0 Å². The number of aromatic nitrogens is 1. The van der Waals surface area contributed by atoms with Crippen molar-refractivity contribution >= 4 is 53.0 Å². The molecule has 0 bridgehead atoms. The Morgan fingerprint density at radius 1 is 1.31 bits per heavy atom. The summed E-state index contributed by atoms with van der Waals surface area (Å²) in [6.07, 6.45) is 5.32. The van der Waals surface area contributed by atoms with E-state index < -0.39 is 0 Å². The van der Waals surface area contributed by atoms with Gasteiger partial charge in [0.15, 0.2) is 5.96 Å². The topological polar surface area (TPSA) is 52.6 Å². The fourth-order valence-electron chi connectivity index (χ4n) is 2.48. The lowest BCUT2D eigenvalue weighted by Crippen LogP contribution is -2.42. The number of aliphatic imine (C=N–C) groups is 1. The second-order valence-corrected chi connectivity index (χ2v) is 8.21. The average Bonchev–Trinajstić information content (AvgIpc) is 3.12. The van der Waals surface area contributed by atoms with E-state index in [0.717, 1.165) is 48.7 Å². The highest BCUT2D eigenvalue weighted by Crippen LogP contribution is 2.20. The Labute approximate surface area is 185 Å². The van der Waals surface area contributed by atoms with Crippen LogP contribution in [0.4, 0.5) is 0 Å². The van der Waals surface area contributed by atoms with Crippen LogP contribution in [0, 0.1) is 0 Å². The molecule has 0 fully saturated rings. The standard InChI is InChI=1S/C18H35N5S2.HI/c1-5-19-17(20-11-9-14-24-18-21-12-15-25-18)22-16(4)10-8-13-23(6-2)7-3;/h12,15-16H,5-11,13-14H2,1-4H3,(H2,19,20,22);1H. The molecule has 2 N–H and O–H groups in total. The van der Waals surface area contributed by atoms with Crippen molar-refractivity contribution in [3.63, 3.8) is 0 Å². The first-order valence-electron chi connectivity index (χ1n) is 9.49. The van der Waals surface area contributed by atoms with Gasteiger partial charge in [-0.25, -0.2) is 4.98 Å². The number of hydrogen-bond acceptors (Lipinski definition) is 5. The summed E-state index contributed by atoms with van der Waals surface area (Å²) in [5.41, 5.74) is 0. The Kier molecular flexibility index (Phi) is 17.0. The minimum absolute atomic E-state index is 0. The van der Waals surface area contributed by atoms with E-state index in [1.807, 2.05) is 23.3 Å². The second kappa shape index (κ2) is 17.1. The van der Waals surface area contributed by atoms with Crippen molar-refractivity contribution in [2.75, 3.05) is 38.5 Å². The number of thioether (sulfide) groups is 1. The van der Waals surface area contributed by atoms with Crippen LogP contribution in [0.5, 0.6) is 0 Å². The maximum Gasteiger partial charge on any atom is 0.191 e. The molecule has 1 aromatic rings. The zero-order valence-electron chi connectivity index (χ0n) is 16.7. The van der Waals surface area contributed by atoms with Crippen molar-refractivity contribution in [3.8, 4) is 0 Å². The molecule has 0 saturated heterocycles. The first-order valence-corrected chi connectivity index (χ1v) is 11.4. The number of nitrogens with zero attached hydrogens (tertiary/aromatic N) is 3. The van der Waals surface area contributed by atoms with E-state index in [1.54, 1.807) is 11.3 Å². The third kappa shape index (κ3) is 12.3. The molecule has 0 radical (unpaired) electrons. The van der Waals surface area contributed by atoms with Crippen molar-refractivity contribution in [1.29, 1.82) is 0 Å². The molecule has 152 valence electrons. The van der Waals surface area contributed by atoms with E-state index in [2.05, 4.69) is 48.2 Å².